The summed E-state index contributed by atoms with van der Waals surface area (Å²) >= 11 is 0. The highest BCUT2D eigenvalue weighted by atomic mass is 16.5. The Hall–Kier alpha value is -1.88. The number of hydrogen-bond donors (Lipinski definition) is 2. The summed E-state index contributed by atoms with van der Waals surface area (Å²) in [5.41, 5.74) is 1.16. The average molecular weight is 293 g/mol. The molecule has 5 nitrogen and oxygen atoms in total. The van der Waals surface area contributed by atoms with Crippen LogP contribution in [0.15, 0.2) is 24.3 Å². The van der Waals surface area contributed by atoms with Crippen molar-refractivity contribution in [1.29, 1.82) is 0 Å². The molecule has 0 fully saturated rings. The van der Waals surface area contributed by atoms with Crippen LogP contribution >= 0.6 is 0 Å². The summed E-state index contributed by atoms with van der Waals surface area (Å²) < 4.78 is 5.50. The molecular formula is C16H23NO4. The van der Waals surface area contributed by atoms with Gasteiger partial charge in [-0.25, -0.2) is 4.79 Å². The molecule has 0 aromatic heterocycles. The van der Waals surface area contributed by atoms with Crippen LogP contribution in [0.5, 0.6) is 0 Å². The first-order valence-corrected chi connectivity index (χ1v) is 6.93. The van der Waals surface area contributed by atoms with Crippen LogP contribution in [0, 0.1) is 6.92 Å². The van der Waals surface area contributed by atoms with Crippen molar-refractivity contribution in [2.75, 3.05) is 6.61 Å². The van der Waals surface area contributed by atoms with Crippen molar-refractivity contribution in [1.82, 2.24) is 5.32 Å². The van der Waals surface area contributed by atoms with E-state index in [-0.39, 0.29) is 18.6 Å². The fourth-order valence-corrected chi connectivity index (χ4v) is 1.69. The summed E-state index contributed by atoms with van der Waals surface area (Å²) in [5.74, 6) is -1.45. The highest BCUT2D eigenvalue weighted by molar-refractivity contribution is 5.96. The Bertz CT molecular complexity index is 488. The maximum Gasteiger partial charge on any atom is 0.326 e. The zero-order valence-corrected chi connectivity index (χ0v) is 13.0. The van der Waals surface area contributed by atoms with E-state index >= 15 is 0 Å². The van der Waals surface area contributed by atoms with E-state index < -0.39 is 17.9 Å². The van der Waals surface area contributed by atoms with Crippen molar-refractivity contribution >= 4 is 11.9 Å². The molecule has 0 spiro atoms. The van der Waals surface area contributed by atoms with E-state index in [0.29, 0.717) is 5.56 Å². The third-order valence-corrected chi connectivity index (χ3v) is 2.86. The number of carboxylic acid groups (broad SMARTS) is 1. The highest BCUT2D eigenvalue weighted by Crippen LogP contribution is 2.09. The molecule has 1 aromatic rings. The lowest BCUT2D eigenvalue weighted by Gasteiger charge is -2.21. The van der Waals surface area contributed by atoms with Gasteiger partial charge in [-0.05, 0) is 39.8 Å². The lowest BCUT2D eigenvalue weighted by atomic mass is 10.1. The first-order valence-electron chi connectivity index (χ1n) is 6.93. The number of aryl methyl sites for hydroxylation is 1. The van der Waals surface area contributed by atoms with Crippen molar-refractivity contribution < 1.29 is 19.4 Å². The second kappa shape index (κ2) is 7.22. The number of ether oxygens (including phenoxy) is 1. The fourth-order valence-electron chi connectivity index (χ4n) is 1.69. The quantitative estimate of drug-likeness (QED) is 0.844. The van der Waals surface area contributed by atoms with Crippen LogP contribution < -0.4 is 5.32 Å². The maximum absolute atomic E-state index is 12.0. The molecule has 1 rings (SSSR count). The Morgan fingerprint density at radius 3 is 2.29 bits per heavy atom. The van der Waals surface area contributed by atoms with Gasteiger partial charge in [-0.3, -0.25) is 4.79 Å². The highest BCUT2D eigenvalue weighted by Gasteiger charge is 2.21. The van der Waals surface area contributed by atoms with Crippen molar-refractivity contribution in [3.05, 3.63) is 35.4 Å². The van der Waals surface area contributed by atoms with Crippen LogP contribution in [-0.2, 0) is 9.53 Å². The van der Waals surface area contributed by atoms with Gasteiger partial charge in [0.2, 0.25) is 0 Å². The monoisotopic (exact) mass is 293 g/mol. The number of carbonyl (C=O) groups excluding carboxylic acids is 1. The van der Waals surface area contributed by atoms with Crippen LogP contribution in [-0.4, -0.2) is 35.2 Å². The summed E-state index contributed by atoms with van der Waals surface area (Å²) in [4.78, 5) is 23.2. The van der Waals surface area contributed by atoms with Gasteiger partial charge in [0.25, 0.3) is 5.91 Å². The number of aliphatic carboxylic acids is 1. The van der Waals surface area contributed by atoms with Gasteiger partial charge in [0, 0.05) is 18.6 Å². The largest absolute Gasteiger partial charge is 0.480 e. The molecule has 0 aliphatic heterocycles. The van der Waals surface area contributed by atoms with Crippen LogP contribution in [0.1, 0.15) is 43.1 Å². The lowest BCUT2D eigenvalue weighted by Crippen LogP contribution is -2.42. The van der Waals surface area contributed by atoms with E-state index in [9.17, 15) is 14.7 Å². The molecule has 2 N–H and O–H groups in total. The third-order valence-electron chi connectivity index (χ3n) is 2.86. The summed E-state index contributed by atoms with van der Waals surface area (Å²) in [5, 5.41) is 11.7. The van der Waals surface area contributed by atoms with E-state index in [1.807, 2.05) is 39.8 Å². The van der Waals surface area contributed by atoms with E-state index in [0.717, 1.165) is 5.56 Å². The molecule has 21 heavy (non-hydrogen) atoms. The van der Waals surface area contributed by atoms with Gasteiger partial charge in [-0.15, -0.1) is 0 Å². The minimum absolute atomic E-state index is 0.226. The van der Waals surface area contributed by atoms with E-state index in [4.69, 9.17) is 4.74 Å². The van der Waals surface area contributed by atoms with E-state index in [1.54, 1.807) is 12.1 Å². The van der Waals surface area contributed by atoms with Crippen LogP contribution in [0.3, 0.4) is 0 Å². The second-order valence-electron chi connectivity index (χ2n) is 5.98. The number of amides is 1. The van der Waals surface area contributed by atoms with Crippen molar-refractivity contribution in [3.63, 3.8) is 0 Å². The number of rotatable bonds is 6. The average Bonchev–Trinajstić information content (AvgIpc) is 2.36. The van der Waals surface area contributed by atoms with Gasteiger partial charge in [0.1, 0.15) is 6.04 Å². The molecule has 0 bridgehead atoms. The minimum Gasteiger partial charge on any atom is -0.480 e. The topological polar surface area (TPSA) is 75.6 Å². The Balaban J connectivity index is 2.59. The molecule has 0 saturated carbocycles. The zero-order chi connectivity index (χ0) is 16.0. The Morgan fingerprint density at radius 2 is 1.81 bits per heavy atom. The Kier molecular flexibility index (Phi) is 5.90. The smallest absolute Gasteiger partial charge is 0.326 e. The van der Waals surface area contributed by atoms with Crippen LogP contribution in [0.2, 0.25) is 0 Å². The Labute approximate surface area is 125 Å². The van der Waals surface area contributed by atoms with Gasteiger partial charge < -0.3 is 15.2 Å². The minimum atomic E-state index is -1.06. The molecule has 116 valence electrons. The summed E-state index contributed by atoms with van der Waals surface area (Å²) in [6.07, 6.45) is 0.226. The molecule has 0 saturated heterocycles. The first kappa shape index (κ1) is 17.2. The fraction of sp³-hybridized carbons (Fsp3) is 0.500. The molecule has 0 aliphatic carbocycles. The molecule has 5 heteroatoms. The van der Waals surface area contributed by atoms with Gasteiger partial charge in [0.05, 0.1) is 5.60 Å². The second-order valence-corrected chi connectivity index (χ2v) is 5.98. The molecule has 1 atom stereocenters. The number of carbonyl (C=O) groups is 2. The van der Waals surface area contributed by atoms with E-state index in [1.165, 1.54) is 0 Å². The molecule has 0 aliphatic rings. The number of nitrogens with one attached hydrogen (secondary N) is 1. The SMILES string of the molecule is Cc1ccc(C(=O)NC(CCOC(C)(C)C)C(=O)O)cc1. The number of carboxylic acids is 1. The molecule has 1 unspecified atom stereocenters. The summed E-state index contributed by atoms with van der Waals surface area (Å²) in [6.45, 7) is 7.88. The molecule has 0 radical (unpaired) electrons. The van der Waals surface area contributed by atoms with Gasteiger partial charge in [-0.2, -0.15) is 0 Å². The first-order chi connectivity index (χ1) is 9.69. The van der Waals surface area contributed by atoms with E-state index in [2.05, 4.69) is 5.32 Å². The van der Waals surface area contributed by atoms with Gasteiger partial charge in [-0.1, -0.05) is 17.7 Å². The Morgan fingerprint density at radius 1 is 1.24 bits per heavy atom. The third kappa shape index (κ3) is 6.40. The van der Waals surface area contributed by atoms with Gasteiger partial charge >= 0.3 is 5.97 Å². The molecule has 1 aromatic carbocycles. The van der Waals surface area contributed by atoms with Crippen molar-refractivity contribution in [2.24, 2.45) is 0 Å². The standard InChI is InChI=1S/C16H23NO4/c1-11-5-7-12(8-6-11)14(18)17-13(15(19)20)9-10-21-16(2,3)4/h5-8,13H,9-10H2,1-4H3,(H,17,18)(H,19,20). The van der Waals surface area contributed by atoms with Crippen LogP contribution in [0.4, 0.5) is 0 Å². The number of hydrogen-bond acceptors (Lipinski definition) is 3. The predicted molar refractivity (Wildman–Crippen MR) is 80.4 cm³/mol. The normalized spacial score (nSPS) is 12.8. The van der Waals surface area contributed by atoms with Crippen molar-refractivity contribution in [3.8, 4) is 0 Å². The molecule has 0 heterocycles. The molecule has 1 amide bonds. The maximum atomic E-state index is 12.0. The van der Waals surface area contributed by atoms with Crippen molar-refractivity contribution in [2.45, 2.75) is 45.8 Å². The van der Waals surface area contributed by atoms with Gasteiger partial charge in [0.15, 0.2) is 0 Å². The number of benzene rings is 1. The summed E-state index contributed by atoms with van der Waals surface area (Å²) in [6, 6.07) is 6.02. The lowest BCUT2D eigenvalue weighted by molar-refractivity contribution is -0.140. The van der Waals surface area contributed by atoms with Crippen LogP contribution in [0.25, 0.3) is 0 Å². The predicted octanol–water partition coefficient (Wildman–Crippen LogP) is 2.38. The molecular weight excluding hydrogens is 270 g/mol. The zero-order valence-electron chi connectivity index (χ0n) is 13.0. The summed E-state index contributed by atoms with van der Waals surface area (Å²) in [7, 11) is 0.